The number of urea groups is 1. The van der Waals surface area contributed by atoms with E-state index in [1.807, 2.05) is 6.92 Å². The maximum absolute atomic E-state index is 12.2. The van der Waals surface area contributed by atoms with Crippen LogP contribution in [0.1, 0.15) is 31.9 Å². The Hall–Kier alpha value is -2.18. The molecule has 1 aromatic rings. The Balaban J connectivity index is 1.95. The second-order valence-electron chi connectivity index (χ2n) is 5.22. The molecule has 7 heteroatoms. The summed E-state index contributed by atoms with van der Waals surface area (Å²) in [5.74, 6) is -0.571. The van der Waals surface area contributed by atoms with Crippen molar-refractivity contribution in [2.45, 2.75) is 38.8 Å². The fourth-order valence-electron chi connectivity index (χ4n) is 2.58. The summed E-state index contributed by atoms with van der Waals surface area (Å²) in [6.07, 6.45) is 3.86. The van der Waals surface area contributed by atoms with Crippen LogP contribution in [0.4, 0.5) is 4.79 Å². The molecule has 7 nitrogen and oxygen atoms in total. The zero-order valence-electron chi connectivity index (χ0n) is 12.0. The predicted octanol–water partition coefficient (Wildman–Crippen LogP) is 1.26. The topological polar surface area (TPSA) is 95.4 Å². The number of carbonyl (C=O) groups excluding carboxylic acids is 1. The maximum atomic E-state index is 12.2. The average Bonchev–Trinajstić information content (AvgIpc) is 2.52. The van der Waals surface area contributed by atoms with E-state index in [4.69, 9.17) is 0 Å². The van der Waals surface area contributed by atoms with Gasteiger partial charge in [-0.2, -0.15) is 10.2 Å². The summed E-state index contributed by atoms with van der Waals surface area (Å²) >= 11 is 0. The Kier molecular flexibility index (Phi) is 5.08. The fraction of sp³-hybridized carbons (Fsp3) is 0.571. The summed E-state index contributed by atoms with van der Waals surface area (Å²) in [4.78, 5) is 25.0. The van der Waals surface area contributed by atoms with Crippen molar-refractivity contribution in [3.63, 3.8) is 0 Å². The highest BCUT2D eigenvalue weighted by Gasteiger charge is 2.35. The van der Waals surface area contributed by atoms with Gasteiger partial charge in [0.2, 0.25) is 0 Å². The van der Waals surface area contributed by atoms with Crippen LogP contribution in [0.3, 0.4) is 0 Å². The smallest absolute Gasteiger partial charge is 0.326 e. The van der Waals surface area contributed by atoms with Gasteiger partial charge in [0.1, 0.15) is 6.04 Å². The highest BCUT2D eigenvalue weighted by atomic mass is 16.4. The molecule has 0 aliphatic carbocycles. The van der Waals surface area contributed by atoms with Gasteiger partial charge in [0.15, 0.2) is 0 Å². The van der Waals surface area contributed by atoms with Crippen molar-refractivity contribution in [3.05, 3.63) is 24.0 Å². The molecule has 21 heavy (non-hydrogen) atoms. The minimum atomic E-state index is -0.942. The van der Waals surface area contributed by atoms with Gasteiger partial charge in [-0.05, 0) is 30.9 Å². The van der Waals surface area contributed by atoms with Gasteiger partial charge in [0, 0.05) is 12.7 Å². The number of likely N-dealkylation sites (tertiary alicyclic amines) is 1. The van der Waals surface area contributed by atoms with Crippen molar-refractivity contribution < 1.29 is 14.7 Å². The fourth-order valence-corrected chi connectivity index (χ4v) is 2.58. The molecule has 1 saturated heterocycles. The van der Waals surface area contributed by atoms with E-state index in [9.17, 15) is 14.7 Å². The standard InChI is InChI=1S/C14H20N4O3/c1-2-10-5-7-18(12(8-10)13(19)20)14(21)15-9-11-4-3-6-16-17-11/h3-4,6,10,12H,2,5,7-9H2,1H3,(H,15,21)(H,19,20). The molecular weight excluding hydrogens is 272 g/mol. The van der Waals surface area contributed by atoms with E-state index in [0.29, 0.717) is 24.6 Å². The number of aromatic nitrogens is 2. The Morgan fingerprint density at radius 2 is 2.33 bits per heavy atom. The van der Waals surface area contributed by atoms with E-state index < -0.39 is 12.0 Å². The first-order chi connectivity index (χ1) is 10.1. The van der Waals surface area contributed by atoms with Gasteiger partial charge in [0.05, 0.1) is 12.2 Å². The Labute approximate surface area is 123 Å². The lowest BCUT2D eigenvalue weighted by Gasteiger charge is -2.36. The van der Waals surface area contributed by atoms with Crippen LogP contribution in [0.5, 0.6) is 0 Å². The molecule has 1 aromatic heterocycles. The minimum Gasteiger partial charge on any atom is -0.480 e. The first-order valence-electron chi connectivity index (χ1n) is 7.15. The van der Waals surface area contributed by atoms with E-state index >= 15 is 0 Å². The van der Waals surface area contributed by atoms with Gasteiger partial charge in [-0.1, -0.05) is 13.3 Å². The number of aliphatic carboxylic acids is 1. The Morgan fingerprint density at radius 1 is 1.52 bits per heavy atom. The van der Waals surface area contributed by atoms with E-state index in [1.165, 1.54) is 4.90 Å². The normalized spacial score (nSPS) is 21.9. The number of hydrogen-bond donors (Lipinski definition) is 2. The lowest BCUT2D eigenvalue weighted by Crippen LogP contribution is -2.53. The first-order valence-corrected chi connectivity index (χ1v) is 7.15. The van der Waals surface area contributed by atoms with Crippen LogP contribution in [0.2, 0.25) is 0 Å². The Morgan fingerprint density at radius 3 is 2.95 bits per heavy atom. The van der Waals surface area contributed by atoms with Crippen molar-refractivity contribution in [1.82, 2.24) is 20.4 Å². The summed E-state index contributed by atoms with van der Waals surface area (Å²) in [6.45, 7) is 2.77. The van der Waals surface area contributed by atoms with Gasteiger partial charge in [0.25, 0.3) is 0 Å². The highest BCUT2D eigenvalue weighted by Crippen LogP contribution is 2.25. The average molecular weight is 292 g/mol. The monoisotopic (exact) mass is 292 g/mol. The van der Waals surface area contributed by atoms with Crippen LogP contribution < -0.4 is 5.32 Å². The molecule has 2 unspecified atom stereocenters. The van der Waals surface area contributed by atoms with E-state index in [-0.39, 0.29) is 12.6 Å². The van der Waals surface area contributed by atoms with E-state index in [0.717, 1.165) is 12.8 Å². The third-order valence-electron chi connectivity index (χ3n) is 3.88. The quantitative estimate of drug-likeness (QED) is 0.871. The summed E-state index contributed by atoms with van der Waals surface area (Å²) in [7, 11) is 0. The molecular formula is C14H20N4O3. The van der Waals surface area contributed by atoms with Crippen molar-refractivity contribution >= 4 is 12.0 Å². The molecule has 0 spiro atoms. The zero-order valence-corrected chi connectivity index (χ0v) is 12.0. The molecule has 0 bridgehead atoms. The Bertz CT molecular complexity index is 494. The SMILES string of the molecule is CCC1CCN(C(=O)NCc2cccnn2)C(C(=O)O)C1. The molecule has 2 amide bonds. The van der Waals surface area contributed by atoms with Gasteiger partial charge >= 0.3 is 12.0 Å². The molecule has 0 aromatic carbocycles. The van der Waals surface area contributed by atoms with Crippen molar-refractivity contribution in [1.29, 1.82) is 0 Å². The minimum absolute atomic E-state index is 0.243. The molecule has 0 saturated carbocycles. The van der Waals surface area contributed by atoms with Gasteiger partial charge in [-0.15, -0.1) is 0 Å². The highest BCUT2D eigenvalue weighted by molar-refractivity contribution is 5.82. The number of nitrogens with one attached hydrogen (secondary N) is 1. The van der Waals surface area contributed by atoms with Crippen LogP contribution in [-0.4, -0.2) is 44.8 Å². The third-order valence-corrected chi connectivity index (χ3v) is 3.88. The van der Waals surface area contributed by atoms with Crippen molar-refractivity contribution in [2.24, 2.45) is 5.92 Å². The predicted molar refractivity (Wildman–Crippen MR) is 75.4 cm³/mol. The molecule has 1 fully saturated rings. The van der Waals surface area contributed by atoms with Gasteiger partial charge in [-0.25, -0.2) is 9.59 Å². The van der Waals surface area contributed by atoms with Gasteiger partial charge in [-0.3, -0.25) is 0 Å². The molecule has 2 atom stereocenters. The molecule has 2 heterocycles. The van der Waals surface area contributed by atoms with Crippen LogP contribution in [0.15, 0.2) is 18.3 Å². The van der Waals surface area contributed by atoms with Crippen LogP contribution >= 0.6 is 0 Å². The van der Waals surface area contributed by atoms with Crippen LogP contribution in [0.25, 0.3) is 0 Å². The second kappa shape index (κ2) is 7.01. The van der Waals surface area contributed by atoms with Crippen LogP contribution in [0, 0.1) is 5.92 Å². The molecule has 2 rings (SSSR count). The first kappa shape index (κ1) is 15.2. The summed E-state index contributed by atoms with van der Waals surface area (Å²) in [5.41, 5.74) is 0.640. The number of amides is 2. The lowest BCUT2D eigenvalue weighted by atomic mass is 9.89. The number of nitrogens with zero attached hydrogens (tertiary/aromatic N) is 3. The summed E-state index contributed by atoms with van der Waals surface area (Å²) < 4.78 is 0. The molecule has 114 valence electrons. The second-order valence-corrected chi connectivity index (χ2v) is 5.22. The molecule has 2 N–H and O–H groups in total. The van der Waals surface area contributed by atoms with E-state index in [1.54, 1.807) is 18.3 Å². The molecule has 1 aliphatic rings. The zero-order chi connectivity index (χ0) is 15.2. The van der Waals surface area contributed by atoms with Crippen molar-refractivity contribution in [3.8, 4) is 0 Å². The number of piperidine rings is 1. The molecule has 1 aliphatic heterocycles. The van der Waals surface area contributed by atoms with Crippen molar-refractivity contribution in [2.75, 3.05) is 6.54 Å². The largest absolute Gasteiger partial charge is 0.480 e. The summed E-state index contributed by atoms with van der Waals surface area (Å²) in [6, 6.07) is 2.39. The number of rotatable bonds is 4. The molecule has 0 radical (unpaired) electrons. The number of carbonyl (C=O) groups is 2. The lowest BCUT2D eigenvalue weighted by molar-refractivity contribution is -0.144. The summed E-state index contributed by atoms with van der Waals surface area (Å²) in [5, 5.41) is 19.6. The number of carboxylic acids is 1. The van der Waals surface area contributed by atoms with E-state index in [2.05, 4.69) is 15.5 Å². The number of carboxylic acid groups (broad SMARTS) is 1. The number of hydrogen-bond acceptors (Lipinski definition) is 4. The van der Waals surface area contributed by atoms with Gasteiger partial charge < -0.3 is 15.3 Å². The van der Waals surface area contributed by atoms with Crippen LogP contribution in [-0.2, 0) is 11.3 Å². The maximum Gasteiger partial charge on any atom is 0.326 e. The third kappa shape index (κ3) is 3.90.